The normalized spacial score (nSPS) is 14.8. The molecule has 46 heavy (non-hydrogen) atoms. The van der Waals surface area contributed by atoms with Gasteiger partial charge in [-0.15, -0.1) is 5.06 Å². The maximum absolute atomic E-state index is 11.7. The van der Waals surface area contributed by atoms with Crippen molar-refractivity contribution in [3.05, 3.63) is 70.8 Å². The fourth-order valence-electron chi connectivity index (χ4n) is 3.07. The molecule has 0 bridgehead atoms. The van der Waals surface area contributed by atoms with Crippen molar-refractivity contribution in [2.75, 3.05) is 34.0 Å². The molecule has 0 aromatic heterocycles. The van der Waals surface area contributed by atoms with E-state index in [9.17, 15) is 37.9 Å². The quantitative estimate of drug-likeness (QED) is 0.0799. The van der Waals surface area contributed by atoms with Gasteiger partial charge in [-0.3, -0.25) is 42.1 Å². The number of phosphoric acid groups is 2. The number of carbonyl (C=O) groups is 6. The van der Waals surface area contributed by atoms with Crippen LogP contribution in [-0.4, -0.2) is 85.0 Å². The number of amides is 2. The van der Waals surface area contributed by atoms with Crippen molar-refractivity contribution in [3.8, 4) is 0 Å². The number of benzene rings is 2. The highest BCUT2D eigenvalue weighted by atomic mass is 31.2. The van der Waals surface area contributed by atoms with Crippen LogP contribution in [0.5, 0.6) is 0 Å². The van der Waals surface area contributed by atoms with E-state index in [1.54, 1.807) is 24.3 Å². The Labute approximate surface area is 263 Å². The lowest BCUT2D eigenvalue weighted by atomic mass is 10.1. The van der Waals surface area contributed by atoms with Gasteiger partial charge in [0.05, 0.1) is 18.8 Å². The number of ketones is 1. The van der Waals surface area contributed by atoms with Gasteiger partial charge in [0.2, 0.25) is 0 Å². The van der Waals surface area contributed by atoms with Crippen molar-refractivity contribution in [2.24, 2.45) is 5.73 Å². The Kier molecular flexibility index (Phi) is 17.8. The minimum Gasteiger partial charge on any atom is -0.328 e. The monoisotopic (exact) mass is 688 g/mol. The predicted molar refractivity (Wildman–Crippen MR) is 158 cm³/mol. The molecule has 4 N–H and O–H groups in total. The van der Waals surface area contributed by atoms with Crippen LogP contribution in [0.25, 0.3) is 0 Å². The van der Waals surface area contributed by atoms with Gasteiger partial charge in [-0.2, -0.15) is 0 Å². The SMILES string of the molecule is COP(=O)(O)OCCCC(=O)c1ccc(C=O)cc1.COP(=O)(O)OCCN.O=Cc1ccc(C(=O)ON2C(=O)CCC2=O)cc1. The first-order chi connectivity index (χ1) is 21.7. The van der Waals surface area contributed by atoms with Crippen molar-refractivity contribution in [1.82, 2.24) is 5.06 Å². The van der Waals surface area contributed by atoms with Gasteiger partial charge >= 0.3 is 21.6 Å². The molecule has 1 aliphatic rings. The van der Waals surface area contributed by atoms with Crippen molar-refractivity contribution in [1.29, 1.82) is 0 Å². The summed E-state index contributed by atoms with van der Waals surface area (Å²) in [5, 5.41) is 0.482. The number of hydroxylamine groups is 2. The fourth-order valence-corrected chi connectivity index (χ4v) is 3.98. The fraction of sp³-hybridized carbons (Fsp3) is 0.333. The first-order valence-electron chi connectivity index (χ1n) is 13.2. The topological polar surface area (TPSA) is 252 Å². The van der Waals surface area contributed by atoms with E-state index < -0.39 is 33.4 Å². The van der Waals surface area contributed by atoms with Crippen LogP contribution in [0.2, 0.25) is 0 Å². The molecule has 2 amide bonds. The van der Waals surface area contributed by atoms with Gasteiger partial charge in [0.15, 0.2) is 5.78 Å². The van der Waals surface area contributed by atoms with Gasteiger partial charge in [0.1, 0.15) is 12.6 Å². The highest BCUT2D eigenvalue weighted by Crippen LogP contribution is 2.42. The van der Waals surface area contributed by atoms with Crippen molar-refractivity contribution in [2.45, 2.75) is 25.7 Å². The summed E-state index contributed by atoms with van der Waals surface area (Å²) in [5.41, 5.74) is 6.55. The van der Waals surface area contributed by atoms with Gasteiger partial charge in [0.25, 0.3) is 11.8 Å². The molecule has 2 aromatic rings. The van der Waals surface area contributed by atoms with Crippen molar-refractivity contribution in [3.63, 3.8) is 0 Å². The number of rotatable bonds is 15. The minimum atomic E-state index is -3.97. The van der Waals surface area contributed by atoms with Gasteiger partial charge in [0, 0.05) is 56.7 Å². The zero-order valence-electron chi connectivity index (χ0n) is 24.8. The summed E-state index contributed by atoms with van der Waals surface area (Å²) in [7, 11) is -5.57. The van der Waals surface area contributed by atoms with Gasteiger partial charge in [-0.25, -0.2) is 13.9 Å². The highest BCUT2D eigenvalue weighted by molar-refractivity contribution is 7.47. The molecule has 1 aliphatic heterocycles. The van der Waals surface area contributed by atoms with Gasteiger partial charge in [-0.1, -0.05) is 36.4 Å². The summed E-state index contributed by atoms with van der Waals surface area (Å²) in [6, 6.07) is 11.9. The van der Waals surface area contributed by atoms with E-state index in [2.05, 4.69) is 18.1 Å². The molecule has 17 nitrogen and oxygen atoms in total. The molecule has 252 valence electrons. The average Bonchev–Trinajstić information content (AvgIpc) is 3.38. The van der Waals surface area contributed by atoms with Gasteiger partial charge < -0.3 is 20.4 Å². The van der Waals surface area contributed by atoms with E-state index in [0.717, 1.165) is 14.2 Å². The number of Topliss-reactive ketones (excluding diaryl/α,β-unsaturated/α-hetero) is 1. The Morgan fingerprint density at radius 3 is 1.65 bits per heavy atom. The Hall–Kier alpha value is -3.76. The van der Waals surface area contributed by atoms with E-state index in [-0.39, 0.29) is 50.4 Å². The first-order valence-corrected chi connectivity index (χ1v) is 16.2. The van der Waals surface area contributed by atoms with Crippen LogP contribution in [0.4, 0.5) is 0 Å². The third kappa shape index (κ3) is 15.0. The maximum atomic E-state index is 11.7. The molecule has 0 spiro atoms. The Morgan fingerprint density at radius 1 is 0.804 bits per heavy atom. The summed E-state index contributed by atoms with van der Waals surface area (Å²) in [6.45, 7) is 0.190. The van der Waals surface area contributed by atoms with Crippen LogP contribution in [0, 0.1) is 0 Å². The molecule has 1 saturated heterocycles. The summed E-state index contributed by atoms with van der Waals surface area (Å²) in [4.78, 5) is 88.9. The van der Waals surface area contributed by atoms with Crippen LogP contribution in [0.15, 0.2) is 48.5 Å². The van der Waals surface area contributed by atoms with E-state index >= 15 is 0 Å². The van der Waals surface area contributed by atoms with E-state index in [1.165, 1.54) is 24.3 Å². The lowest BCUT2D eigenvalue weighted by Gasteiger charge is -2.12. The number of phosphoric ester groups is 2. The number of imide groups is 1. The first kappa shape index (κ1) is 40.3. The molecule has 1 fully saturated rings. The van der Waals surface area contributed by atoms with Crippen molar-refractivity contribution >= 4 is 51.8 Å². The zero-order chi connectivity index (χ0) is 34.8. The smallest absolute Gasteiger partial charge is 0.328 e. The molecule has 19 heteroatoms. The summed E-state index contributed by atoms with van der Waals surface area (Å²) < 4.78 is 38.5. The van der Waals surface area contributed by atoms with E-state index in [4.69, 9.17) is 20.4 Å². The predicted octanol–water partition coefficient (Wildman–Crippen LogP) is 2.65. The van der Waals surface area contributed by atoms with E-state index in [0.29, 0.717) is 40.7 Å². The molecule has 0 saturated carbocycles. The number of hydrogen-bond acceptors (Lipinski definition) is 14. The summed E-state index contributed by atoms with van der Waals surface area (Å²) in [6.07, 6.45) is 1.94. The van der Waals surface area contributed by atoms with Crippen molar-refractivity contribution < 1.29 is 70.6 Å². The molecular formula is C27H34N2O15P2. The second-order valence-corrected chi connectivity index (χ2v) is 11.8. The molecule has 2 atom stereocenters. The third-order valence-electron chi connectivity index (χ3n) is 5.47. The molecule has 3 rings (SSSR count). The maximum Gasteiger partial charge on any atom is 0.471 e. The number of nitrogens with two attached hydrogens (primary N) is 1. The Morgan fingerprint density at radius 2 is 1.24 bits per heavy atom. The largest absolute Gasteiger partial charge is 0.471 e. The molecule has 0 aliphatic carbocycles. The third-order valence-corrected chi connectivity index (χ3v) is 7.41. The van der Waals surface area contributed by atoms with Crippen LogP contribution in [0.1, 0.15) is 67.1 Å². The Balaban J connectivity index is 0.000000368. The number of nitrogens with zero attached hydrogens (tertiary/aromatic N) is 1. The molecule has 0 radical (unpaired) electrons. The summed E-state index contributed by atoms with van der Waals surface area (Å²) >= 11 is 0. The number of aldehydes is 2. The van der Waals surface area contributed by atoms with Crippen LogP contribution < -0.4 is 5.73 Å². The Bertz CT molecular complexity index is 1420. The second kappa shape index (κ2) is 20.4. The number of carbonyl (C=O) groups excluding carboxylic acids is 6. The zero-order valence-corrected chi connectivity index (χ0v) is 26.6. The van der Waals surface area contributed by atoms with Crippen LogP contribution in [-0.2, 0) is 41.7 Å². The van der Waals surface area contributed by atoms with E-state index in [1.807, 2.05) is 0 Å². The molecular weight excluding hydrogens is 654 g/mol. The average molecular weight is 689 g/mol. The molecule has 2 unspecified atom stereocenters. The summed E-state index contributed by atoms with van der Waals surface area (Å²) in [5.74, 6) is -1.99. The standard InChI is InChI=1S/C12H9NO5.C12H15O6P.C3H10NO4P/c14-7-8-1-3-9(4-2-8)12(17)18-13-10(15)5-6-11(13)16;1-17-19(15,16)18-8-2-3-12(14)11-6-4-10(9-13)5-7-11;1-7-9(5,6)8-3-2-4/h1-4,7H,5-6H2;4-7,9H,2-3,8H2,1H3,(H,15,16);2-4H2,1H3,(H,5,6). The highest BCUT2D eigenvalue weighted by Gasteiger charge is 2.33. The number of hydrogen-bond donors (Lipinski definition) is 3. The van der Waals surface area contributed by atoms with Crippen LogP contribution in [0.3, 0.4) is 0 Å². The second-order valence-electron chi connectivity index (χ2n) is 8.72. The van der Waals surface area contributed by atoms with Crippen LogP contribution >= 0.6 is 15.6 Å². The van der Waals surface area contributed by atoms with Gasteiger partial charge in [-0.05, 0) is 18.6 Å². The lowest BCUT2D eigenvalue weighted by Crippen LogP contribution is -2.32. The molecule has 1 heterocycles. The molecule has 2 aromatic carbocycles. The lowest BCUT2D eigenvalue weighted by molar-refractivity contribution is -0.172. The minimum absolute atomic E-state index is 0.0294.